The van der Waals surface area contributed by atoms with Gasteiger partial charge in [0, 0.05) is 6.54 Å². The van der Waals surface area contributed by atoms with Crippen LogP contribution in [-0.4, -0.2) is 23.2 Å². The summed E-state index contributed by atoms with van der Waals surface area (Å²) >= 11 is 0. The van der Waals surface area contributed by atoms with Crippen LogP contribution in [0.5, 0.6) is 0 Å². The Balaban J connectivity index is 1.74. The van der Waals surface area contributed by atoms with E-state index in [9.17, 15) is 9.90 Å². The lowest BCUT2D eigenvalue weighted by atomic mass is 9.82. The summed E-state index contributed by atoms with van der Waals surface area (Å²) in [5, 5.41) is 13.4. The van der Waals surface area contributed by atoms with Gasteiger partial charge < -0.3 is 10.4 Å². The van der Waals surface area contributed by atoms with E-state index < -0.39 is 5.60 Å². The Morgan fingerprint density at radius 1 is 1.06 bits per heavy atom. The summed E-state index contributed by atoms with van der Waals surface area (Å²) < 4.78 is 0. The lowest BCUT2D eigenvalue weighted by Crippen LogP contribution is -2.41. The zero-order valence-corrected chi connectivity index (χ0v) is 11.6. The van der Waals surface area contributed by atoms with E-state index in [0.29, 0.717) is 11.8 Å². The van der Waals surface area contributed by atoms with Crippen LogP contribution < -0.4 is 5.32 Å². The molecule has 0 heterocycles. The first-order chi connectivity index (χ1) is 8.52. The molecule has 0 aromatic rings. The summed E-state index contributed by atoms with van der Waals surface area (Å²) in [5.41, 5.74) is -0.427. The van der Waals surface area contributed by atoms with Gasteiger partial charge in [-0.15, -0.1) is 0 Å². The van der Waals surface area contributed by atoms with Gasteiger partial charge >= 0.3 is 0 Å². The first-order valence-corrected chi connectivity index (χ1v) is 7.51. The highest BCUT2D eigenvalue weighted by molar-refractivity contribution is 5.77. The minimum absolute atomic E-state index is 0.0347. The Morgan fingerprint density at radius 2 is 1.61 bits per heavy atom. The van der Waals surface area contributed by atoms with Gasteiger partial charge in [-0.3, -0.25) is 4.79 Å². The molecule has 0 atom stereocenters. The third-order valence-corrected chi connectivity index (χ3v) is 4.80. The van der Waals surface area contributed by atoms with Crippen molar-refractivity contribution >= 4 is 5.91 Å². The van der Waals surface area contributed by atoms with Gasteiger partial charge in [0.15, 0.2) is 0 Å². The fourth-order valence-corrected chi connectivity index (χ4v) is 3.47. The second kappa shape index (κ2) is 5.60. The van der Waals surface area contributed by atoms with Crippen molar-refractivity contribution in [2.75, 3.05) is 6.54 Å². The molecule has 0 unspecified atom stereocenters. The maximum absolute atomic E-state index is 11.9. The average Bonchev–Trinajstić information content (AvgIpc) is 2.75. The SMILES string of the molecule is CC1(CNC(=O)CC2(O)CCCCC2)CCCC1. The van der Waals surface area contributed by atoms with Crippen molar-refractivity contribution in [3.05, 3.63) is 0 Å². The third-order valence-electron chi connectivity index (χ3n) is 4.80. The maximum atomic E-state index is 11.9. The van der Waals surface area contributed by atoms with E-state index in [1.54, 1.807) is 0 Å². The van der Waals surface area contributed by atoms with Gasteiger partial charge in [-0.25, -0.2) is 0 Å². The molecule has 0 spiro atoms. The van der Waals surface area contributed by atoms with E-state index in [-0.39, 0.29) is 5.91 Å². The normalized spacial score (nSPS) is 25.9. The Kier molecular flexibility index (Phi) is 4.31. The molecule has 2 N–H and O–H groups in total. The summed E-state index contributed by atoms with van der Waals surface area (Å²) in [7, 11) is 0. The van der Waals surface area contributed by atoms with Gasteiger partial charge in [0.2, 0.25) is 5.91 Å². The predicted octanol–water partition coefficient (Wildman–Crippen LogP) is 2.77. The van der Waals surface area contributed by atoms with E-state index in [1.165, 1.54) is 32.1 Å². The van der Waals surface area contributed by atoms with Crippen molar-refractivity contribution in [2.45, 2.75) is 76.7 Å². The topological polar surface area (TPSA) is 49.3 Å². The van der Waals surface area contributed by atoms with Crippen molar-refractivity contribution in [1.29, 1.82) is 0 Å². The molecular formula is C15H27NO2. The monoisotopic (exact) mass is 253 g/mol. The van der Waals surface area contributed by atoms with Gasteiger partial charge in [0.1, 0.15) is 0 Å². The Bertz CT molecular complexity index is 289. The summed E-state index contributed by atoms with van der Waals surface area (Å²) in [5.74, 6) is 0.0347. The van der Waals surface area contributed by atoms with E-state index >= 15 is 0 Å². The second-order valence-corrected chi connectivity index (χ2v) is 6.76. The number of hydrogen-bond acceptors (Lipinski definition) is 2. The van der Waals surface area contributed by atoms with Crippen LogP contribution in [-0.2, 0) is 4.79 Å². The quantitative estimate of drug-likeness (QED) is 0.809. The van der Waals surface area contributed by atoms with Gasteiger partial charge in [-0.2, -0.15) is 0 Å². The van der Waals surface area contributed by atoms with E-state index in [0.717, 1.165) is 32.2 Å². The summed E-state index contributed by atoms with van der Waals surface area (Å²) in [6.45, 7) is 3.04. The van der Waals surface area contributed by atoms with Gasteiger partial charge in [-0.1, -0.05) is 39.0 Å². The number of rotatable bonds is 4. The lowest BCUT2D eigenvalue weighted by molar-refractivity contribution is -0.127. The first-order valence-electron chi connectivity index (χ1n) is 7.51. The Hall–Kier alpha value is -0.570. The highest BCUT2D eigenvalue weighted by Gasteiger charge is 2.33. The highest BCUT2D eigenvalue weighted by atomic mass is 16.3. The number of amides is 1. The molecule has 3 heteroatoms. The molecule has 1 amide bonds. The maximum Gasteiger partial charge on any atom is 0.222 e. The van der Waals surface area contributed by atoms with Crippen LogP contribution in [0.1, 0.15) is 71.1 Å². The van der Waals surface area contributed by atoms with E-state index in [4.69, 9.17) is 0 Å². The van der Waals surface area contributed by atoms with Crippen LogP contribution in [0.15, 0.2) is 0 Å². The number of carbonyl (C=O) groups excluding carboxylic acids is 1. The zero-order valence-electron chi connectivity index (χ0n) is 11.6. The molecular weight excluding hydrogens is 226 g/mol. The molecule has 0 aliphatic heterocycles. The molecule has 0 saturated heterocycles. The minimum atomic E-state index is -0.723. The molecule has 0 radical (unpaired) electrons. The molecule has 2 aliphatic rings. The van der Waals surface area contributed by atoms with Crippen LogP contribution in [0.3, 0.4) is 0 Å². The Morgan fingerprint density at radius 3 is 2.22 bits per heavy atom. The van der Waals surface area contributed by atoms with Gasteiger partial charge in [0.05, 0.1) is 12.0 Å². The zero-order chi connectivity index (χ0) is 13.1. The minimum Gasteiger partial charge on any atom is -0.389 e. The summed E-state index contributed by atoms with van der Waals surface area (Å²) in [4.78, 5) is 11.9. The molecule has 3 nitrogen and oxygen atoms in total. The third kappa shape index (κ3) is 3.71. The largest absolute Gasteiger partial charge is 0.389 e. The van der Waals surface area contributed by atoms with Crippen molar-refractivity contribution in [3.8, 4) is 0 Å². The second-order valence-electron chi connectivity index (χ2n) is 6.76. The smallest absolute Gasteiger partial charge is 0.222 e. The molecule has 2 rings (SSSR count). The average molecular weight is 253 g/mol. The van der Waals surface area contributed by atoms with Crippen molar-refractivity contribution in [1.82, 2.24) is 5.32 Å². The number of aliphatic hydroxyl groups is 1. The Labute approximate surface area is 110 Å². The van der Waals surface area contributed by atoms with Crippen molar-refractivity contribution in [2.24, 2.45) is 5.41 Å². The molecule has 104 valence electrons. The van der Waals surface area contributed by atoms with E-state index in [1.807, 2.05) is 0 Å². The molecule has 0 aromatic carbocycles. The van der Waals surface area contributed by atoms with Crippen LogP contribution in [0.2, 0.25) is 0 Å². The molecule has 0 aromatic heterocycles. The fraction of sp³-hybridized carbons (Fsp3) is 0.933. The molecule has 18 heavy (non-hydrogen) atoms. The van der Waals surface area contributed by atoms with Gasteiger partial charge in [-0.05, 0) is 31.1 Å². The highest BCUT2D eigenvalue weighted by Crippen LogP contribution is 2.37. The summed E-state index contributed by atoms with van der Waals surface area (Å²) in [6, 6.07) is 0. The molecule has 2 fully saturated rings. The fourth-order valence-electron chi connectivity index (χ4n) is 3.47. The van der Waals surface area contributed by atoms with Crippen molar-refractivity contribution in [3.63, 3.8) is 0 Å². The van der Waals surface area contributed by atoms with Crippen molar-refractivity contribution < 1.29 is 9.90 Å². The number of nitrogens with one attached hydrogen (secondary N) is 1. The first kappa shape index (κ1) is 13.9. The predicted molar refractivity (Wildman–Crippen MR) is 72.2 cm³/mol. The number of hydrogen-bond donors (Lipinski definition) is 2. The molecule has 2 aliphatic carbocycles. The van der Waals surface area contributed by atoms with Crippen LogP contribution in [0, 0.1) is 5.41 Å². The number of carbonyl (C=O) groups is 1. The summed E-state index contributed by atoms with van der Waals surface area (Å²) in [6.07, 6.45) is 10.2. The van der Waals surface area contributed by atoms with E-state index in [2.05, 4.69) is 12.2 Å². The van der Waals surface area contributed by atoms with Crippen LogP contribution >= 0.6 is 0 Å². The standard InChI is InChI=1S/C15H27NO2/c1-14(7-5-6-8-14)12-16-13(17)11-15(18)9-3-2-4-10-15/h18H,2-12H2,1H3,(H,16,17). The lowest BCUT2D eigenvalue weighted by Gasteiger charge is -2.32. The van der Waals surface area contributed by atoms with Crippen LogP contribution in [0.25, 0.3) is 0 Å². The molecule has 0 bridgehead atoms. The molecule has 2 saturated carbocycles. The van der Waals surface area contributed by atoms with Crippen LogP contribution in [0.4, 0.5) is 0 Å². The van der Waals surface area contributed by atoms with Gasteiger partial charge in [0.25, 0.3) is 0 Å².